The van der Waals surface area contributed by atoms with Gasteiger partial charge in [0.25, 0.3) is 17.1 Å². The van der Waals surface area contributed by atoms with E-state index in [1.54, 1.807) is 12.1 Å². The summed E-state index contributed by atoms with van der Waals surface area (Å²) in [5.74, 6) is -9.34. The first kappa shape index (κ1) is 70.1. The lowest BCUT2D eigenvalue weighted by molar-refractivity contribution is -0.147. The molecule has 1 aliphatic carbocycles. The van der Waals surface area contributed by atoms with Crippen molar-refractivity contribution in [3.8, 4) is 32.6 Å². The monoisotopic (exact) mass is 1340 g/mol. The third-order valence-electron chi connectivity index (χ3n) is 18.0. The molecule has 32 heteroatoms. The second-order valence-corrected chi connectivity index (χ2v) is 27.0. The minimum absolute atomic E-state index is 0.0264. The van der Waals surface area contributed by atoms with Crippen molar-refractivity contribution in [3.63, 3.8) is 0 Å². The summed E-state index contributed by atoms with van der Waals surface area (Å²) in [6, 6.07) is 6.81. The summed E-state index contributed by atoms with van der Waals surface area (Å²) in [7, 11) is 0. The fraction of sp³-hybridized carbons (Fsp3) is 0.557. The van der Waals surface area contributed by atoms with Gasteiger partial charge in [-0.1, -0.05) is 43.4 Å². The molecule has 30 nitrogen and oxygen atoms in total. The van der Waals surface area contributed by atoms with Crippen LogP contribution >= 0.6 is 22.5 Å². The molecule has 1 unspecified atom stereocenters. The lowest BCUT2D eigenvalue weighted by Crippen LogP contribution is -2.64. The molecule has 4 aromatic rings. The average molecular weight is 1340 g/mol. The number of benzene rings is 3. The van der Waals surface area contributed by atoms with E-state index in [1.165, 1.54) is 62.1 Å². The maximum absolute atomic E-state index is 14.7. The summed E-state index contributed by atoms with van der Waals surface area (Å²) in [5, 5.41) is 101. The van der Waals surface area contributed by atoms with Gasteiger partial charge in [-0.2, -0.15) is 0 Å². The summed E-state index contributed by atoms with van der Waals surface area (Å²) < 4.78 is 33.2. The van der Waals surface area contributed by atoms with E-state index < -0.39 is 175 Å². The number of piperazine rings is 1. The number of nitrogens with two attached hydrogens (primary N) is 1. The molecule has 3 aromatic carbocycles. The maximum atomic E-state index is 14.7. The van der Waals surface area contributed by atoms with Gasteiger partial charge in [0.05, 0.1) is 36.6 Å². The fourth-order valence-corrected chi connectivity index (χ4v) is 13.9. The van der Waals surface area contributed by atoms with Gasteiger partial charge >= 0.3 is 0 Å². The minimum Gasteiger partial charge on any atom is -0.504 e. The molecule has 9 rings (SSSR count). The number of phenols is 1. The number of amides is 7. The van der Waals surface area contributed by atoms with Crippen LogP contribution in [0.15, 0.2) is 66.7 Å². The molecule has 5 aliphatic rings. The highest BCUT2D eigenvalue weighted by Gasteiger charge is 2.50. The number of carbonyl (C=O) groups excluding carboxylic acids is 7. The third-order valence-corrected chi connectivity index (χ3v) is 19.4. The Balaban J connectivity index is 0.953. The number of hydrogen-bond donors (Lipinski definition) is 16. The molecule has 13 atom stereocenters. The second-order valence-electron chi connectivity index (χ2n) is 24.9. The topological polar surface area (TPSA) is 456 Å². The number of β-amino-alcohol motifs (C(OH)–C–C–N with tert-alkyl or cyclic N) is 1. The normalized spacial score (nSPS) is 28.8. The van der Waals surface area contributed by atoms with Crippen molar-refractivity contribution < 1.29 is 87.1 Å². The van der Waals surface area contributed by atoms with Crippen molar-refractivity contribution >= 4 is 69.5 Å². The van der Waals surface area contributed by atoms with E-state index in [0.717, 1.165) is 72.2 Å². The Morgan fingerprint density at radius 2 is 1.34 bits per heavy atom. The quantitative estimate of drug-likeness (QED) is 0.0685. The van der Waals surface area contributed by atoms with E-state index in [1.807, 2.05) is 12.1 Å². The summed E-state index contributed by atoms with van der Waals surface area (Å²) in [5.41, 5.74) is 8.38. The van der Waals surface area contributed by atoms with Crippen LogP contribution in [0.4, 0.5) is 5.69 Å². The highest BCUT2D eigenvalue weighted by atomic mass is 32.3. The van der Waals surface area contributed by atoms with Crippen molar-refractivity contribution in [2.45, 2.75) is 151 Å². The Bertz CT molecular complexity index is 3290. The number of phenolic OH excluding ortho intramolecular Hbond substituents is 1. The smallest absolute Gasteiger partial charge is 0.266 e. The van der Waals surface area contributed by atoms with E-state index in [2.05, 4.69) is 69.8 Å². The van der Waals surface area contributed by atoms with Gasteiger partial charge in [-0.15, -0.1) is 10.2 Å². The molecule has 1 saturated carbocycles. The maximum Gasteiger partial charge on any atom is 0.266 e. The van der Waals surface area contributed by atoms with Crippen LogP contribution in [0.1, 0.15) is 81.6 Å². The third kappa shape index (κ3) is 17.2. The van der Waals surface area contributed by atoms with Crippen LogP contribution in [-0.4, -0.2) is 247 Å². The number of aromatic hydroxyl groups is 1. The Kier molecular flexibility index (Phi) is 23.0. The van der Waals surface area contributed by atoms with Crippen LogP contribution in [0.5, 0.6) is 11.5 Å². The minimum atomic E-state index is -4.71. The number of rotatable bonds is 15. The molecule has 93 heavy (non-hydrogen) atoms. The van der Waals surface area contributed by atoms with Crippen molar-refractivity contribution in [3.05, 3.63) is 77.9 Å². The SMILES string of the molecule is CC1CCC(N2CCN(c3ccc(-c4nnc(-c5ccc(C(=O)NC6C[C@@H](O)CNC(=O)[C@@H]7[C@@H](O)[C@@H](C)CN7C(=O)[C@H]([C@H](O)CCN)NC(=O)[C@H]([C@H](O)Cc7ccc(O)c(OS(O)(O)O)c7)NC(=O)[C@@H]7C[C@@H](O)CN7C(=O)[C@H]([C@@H](C)O)NC6=O)cc5)s4)cc3)CC2)CC1. The van der Waals surface area contributed by atoms with E-state index in [-0.39, 0.29) is 30.6 Å². The van der Waals surface area contributed by atoms with Crippen LogP contribution in [0.3, 0.4) is 0 Å². The van der Waals surface area contributed by atoms with Gasteiger partial charge in [-0.05, 0) is 106 Å². The Hall–Kier alpha value is -7.18. The number of fused-ring (bicyclic) bond motifs is 2. The van der Waals surface area contributed by atoms with Crippen LogP contribution < -0.4 is 41.4 Å². The predicted octanol–water partition coefficient (Wildman–Crippen LogP) is -0.907. The zero-order chi connectivity index (χ0) is 67.2. The molecule has 0 spiro atoms. The molecular formula is C61H84N12O18S2. The first-order chi connectivity index (χ1) is 44.2. The fourth-order valence-electron chi connectivity index (χ4n) is 12.7. The van der Waals surface area contributed by atoms with Crippen LogP contribution in [0.25, 0.3) is 21.1 Å². The van der Waals surface area contributed by atoms with Gasteiger partial charge in [0, 0.05) is 99.4 Å². The molecule has 0 radical (unpaired) electrons. The molecule has 4 aliphatic heterocycles. The number of aliphatic hydroxyl groups is 6. The van der Waals surface area contributed by atoms with E-state index in [0.29, 0.717) is 21.6 Å². The first-order valence-corrected chi connectivity index (χ1v) is 33.4. The first-order valence-electron chi connectivity index (χ1n) is 31.1. The number of aliphatic hydroxyl groups excluding tert-OH is 6. The van der Waals surface area contributed by atoms with Crippen molar-refractivity contribution in [2.24, 2.45) is 17.6 Å². The highest BCUT2D eigenvalue weighted by Crippen LogP contribution is 2.41. The summed E-state index contributed by atoms with van der Waals surface area (Å²) >= 11 is -3.37. The second kappa shape index (κ2) is 30.5. The highest BCUT2D eigenvalue weighted by molar-refractivity contribution is 8.15. The standard InChI is InChI=1S/C61H84N12O18S2/c1-31-4-13-38(14-5-31)70-20-22-71(23-21-70)39-15-11-37(12-16-39)59-69-68-58(92-59)36-9-7-35(8-10-36)53(81)64-42-26-40(75)28-63-57(85)51-52(80)32(2)29-73(51)61(87)50(45(78)18-19-62)67-56(84)49(46(79)24-34-6-17-44(77)47(25-34)91-93(88,89)90)66-55(83)43-27-41(76)30-72(43)60(86)48(33(3)74)65-54(42)82/h6-12,15-17,25,31-33,38,40-43,45-46,48-52,74-80,88-90H,4-5,13-14,18-24,26-30,62H2,1-3H3,(H,63,85)(H,64,81)(H,65,82)(H,66,83)(H,67,84)/t31?,32-,33+,38?,40+,41+,42?,43-,45+,46+,48-,49-,50-,51-,52-/m0/s1. The molecule has 5 fully saturated rings. The van der Waals surface area contributed by atoms with Gasteiger partial charge in [0.1, 0.15) is 46.3 Å². The lowest BCUT2D eigenvalue weighted by Gasteiger charge is -2.42. The number of aromatic nitrogens is 2. The number of carbonyl (C=O) groups is 7. The van der Waals surface area contributed by atoms with Crippen molar-refractivity contribution in [1.29, 1.82) is 0 Å². The van der Waals surface area contributed by atoms with Crippen molar-refractivity contribution in [1.82, 2.24) is 51.5 Å². The lowest BCUT2D eigenvalue weighted by atomic mass is 9.86. The molecule has 4 saturated heterocycles. The largest absolute Gasteiger partial charge is 0.504 e. The van der Waals surface area contributed by atoms with Gasteiger partial charge in [0.15, 0.2) is 11.5 Å². The molecule has 5 heterocycles. The number of hydrogen-bond acceptors (Lipinski definition) is 24. The summed E-state index contributed by atoms with van der Waals surface area (Å²) in [6.45, 7) is 7.06. The Morgan fingerprint density at radius 1 is 0.731 bits per heavy atom. The molecular weight excluding hydrogens is 1250 g/mol. The summed E-state index contributed by atoms with van der Waals surface area (Å²) in [4.78, 5) is 108. The average Bonchev–Trinajstić information content (AvgIpc) is 1.70. The molecule has 508 valence electrons. The van der Waals surface area contributed by atoms with Gasteiger partial charge < -0.3 is 86.9 Å². The zero-order valence-electron chi connectivity index (χ0n) is 51.6. The van der Waals surface area contributed by atoms with Crippen molar-refractivity contribution in [2.75, 3.05) is 57.3 Å². The van der Waals surface area contributed by atoms with E-state index in [4.69, 9.17) is 5.73 Å². The number of nitrogens with zero attached hydrogens (tertiary/aromatic N) is 6. The molecule has 0 bridgehead atoms. The number of anilines is 1. The number of nitrogens with one attached hydrogen (secondary N) is 5. The summed E-state index contributed by atoms with van der Waals surface area (Å²) in [6.07, 6.45) is -7.48. The van der Waals surface area contributed by atoms with E-state index in [9.17, 15) is 83.0 Å². The Morgan fingerprint density at radius 3 is 1.97 bits per heavy atom. The molecule has 17 N–H and O–H groups in total. The van der Waals surface area contributed by atoms with Crippen LogP contribution in [-0.2, 0) is 35.2 Å². The Labute approximate surface area is 542 Å². The zero-order valence-corrected chi connectivity index (χ0v) is 53.3. The van der Waals surface area contributed by atoms with Gasteiger partial charge in [-0.25, -0.2) is 0 Å². The van der Waals surface area contributed by atoms with Crippen LogP contribution in [0.2, 0.25) is 0 Å². The molecule has 1 aromatic heterocycles. The van der Waals surface area contributed by atoms with Crippen LogP contribution in [0, 0.1) is 11.8 Å². The predicted molar refractivity (Wildman–Crippen MR) is 339 cm³/mol. The molecule has 7 amide bonds. The van der Waals surface area contributed by atoms with Gasteiger partial charge in [0.2, 0.25) is 35.4 Å². The van der Waals surface area contributed by atoms with Gasteiger partial charge in [-0.3, -0.25) is 52.1 Å². The van der Waals surface area contributed by atoms with E-state index >= 15 is 0 Å².